The van der Waals surface area contributed by atoms with Crippen LogP contribution in [-0.4, -0.2) is 11.0 Å². The molecule has 0 aliphatic carbocycles. The van der Waals surface area contributed by atoms with Gasteiger partial charge in [0, 0.05) is 22.7 Å². The van der Waals surface area contributed by atoms with E-state index in [0.717, 1.165) is 28.2 Å². The van der Waals surface area contributed by atoms with E-state index < -0.39 is 0 Å². The van der Waals surface area contributed by atoms with Gasteiger partial charge in [0.25, 0.3) is 0 Å². The number of hydrogen-bond donors (Lipinski definition) is 1. The number of benzene rings is 1. The summed E-state index contributed by atoms with van der Waals surface area (Å²) >= 11 is 3.49. The highest BCUT2D eigenvalue weighted by Gasteiger charge is 2.13. The van der Waals surface area contributed by atoms with Crippen molar-refractivity contribution in [2.45, 2.75) is 33.4 Å². The third-order valence-corrected chi connectivity index (χ3v) is 4.07. The van der Waals surface area contributed by atoms with E-state index in [-0.39, 0.29) is 0 Å². The Morgan fingerprint density at radius 1 is 1.25 bits per heavy atom. The fourth-order valence-corrected chi connectivity index (χ4v) is 2.33. The van der Waals surface area contributed by atoms with E-state index >= 15 is 0 Å². The number of pyridine rings is 1. The second kappa shape index (κ2) is 6.27. The van der Waals surface area contributed by atoms with Gasteiger partial charge >= 0.3 is 0 Å². The number of nitrogen functional groups attached to an aromatic ring is 1. The number of rotatable bonds is 4. The predicted molar refractivity (Wildman–Crippen MR) is 88.8 cm³/mol. The number of aromatic nitrogens is 1. The molecule has 1 aromatic carbocycles. The third kappa shape index (κ3) is 3.51. The molecule has 0 radical (unpaired) electrons. The molecule has 0 fully saturated rings. The second-order valence-corrected chi connectivity index (χ2v) is 6.06. The Morgan fingerprint density at radius 3 is 2.60 bits per heavy atom. The van der Waals surface area contributed by atoms with Crippen molar-refractivity contribution in [1.29, 1.82) is 0 Å². The fourth-order valence-electron chi connectivity index (χ4n) is 2.11. The lowest BCUT2D eigenvalue weighted by Gasteiger charge is -2.28. The first-order valence-electron chi connectivity index (χ1n) is 6.71. The zero-order chi connectivity index (χ0) is 14.7. The molecule has 106 valence electrons. The van der Waals surface area contributed by atoms with Crippen molar-refractivity contribution in [2.24, 2.45) is 0 Å². The van der Waals surface area contributed by atoms with Crippen molar-refractivity contribution in [3.05, 3.63) is 52.1 Å². The molecule has 4 heteroatoms. The Hall–Kier alpha value is -1.55. The van der Waals surface area contributed by atoms with Gasteiger partial charge in [-0.1, -0.05) is 12.1 Å². The van der Waals surface area contributed by atoms with Gasteiger partial charge in [0.1, 0.15) is 5.82 Å². The number of hydrogen-bond acceptors (Lipinski definition) is 3. The quantitative estimate of drug-likeness (QED) is 0.854. The van der Waals surface area contributed by atoms with Gasteiger partial charge in [-0.2, -0.15) is 0 Å². The highest BCUT2D eigenvalue weighted by Crippen LogP contribution is 2.22. The van der Waals surface area contributed by atoms with Crippen LogP contribution in [-0.2, 0) is 6.54 Å². The Kier molecular flexibility index (Phi) is 4.65. The zero-order valence-electron chi connectivity index (χ0n) is 12.1. The molecule has 2 rings (SSSR count). The maximum atomic E-state index is 5.85. The minimum absolute atomic E-state index is 0.365. The molecule has 0 aliphatic rings. The molecule has 0 saturated carbocycles. The average molecular weight is 334 g/mol. The van der Waals surface area contributed by atoms with E-state index in [9.17, 15) is 0 Å². The van der Waals surface area contributed by atoms with Crippen LogP contribution >= 0.6 is 15.9 Å². The topological polar surface area (TPSA) is 42.2 Å². The Morgan fingerprint density at radius 2 is 2.00 bits per heavy atom. The smallest absolute Gasteiger partial charge is 0.129 e. The molecule has 0 aliphatic heterocycles. The molecule has 3 nitrogen and oxygen atoms in total. The summed E-state index contributed by atoms with van der Waals surface area (Å²) in [7, 11) is 0. The zero-order valence-corrected chi connectivity index (χ0v) is 13.7. The molecule has 2 aromatic rings. The summed E-state index contributed by atoms with van der Waals surface area (Å²) in [6, 6.07) is 12.5. The summed E-state index contributed by atoms with van der Waals surface area (Å²) in [5.74, 6) is 0.989. The van der Waals surface area contributed by atoms with E-state index in [0.29, 0.717) is 6.04 Å². The van der Waals surface area contributed by atoms with E-state index in [1.165, 1.54) is 5.56 Å². The van der Waals surface area contributed by atoms with Crippen LogP contribution in [0.15, 0.2) is 40.9 Å². The predicted octanol–water partition coefficient (Wildman–Crippen LogP) is 4.15. The van der Waals surface area contributed by atoms with Crippen molar-refractivity contribution in [3.8, 4) is 0 Å². The van der Waals surface area contributed by atoms with Gasteiger partial charge in [-0.05, 0) is 66.5 Å². The summed E-state index contributed by atoms with van der Waals surface area (Å²) in [5.41, 5.74) is 8.85. The van der Waals surface area contributed by atoms with Crippen LogP contribution < -0.4 is 10.6 Å². The lowest BCUT2D eigenvalue weighted by Crippen LogP contribution is -2.31. The van der Waals surface area contributed by atoms with Crippen LogP contribution in [0.4, 0.5) is 11.5 Å². The lowest BCUT2D eigenvalue weighted by molar-refractivity contribution is 0.671. The molecule has 1 aromatic heterocycles. The summed E-state index contributed by atoms with van der Waals surface area (Å²) < 4.78 is 1.04. The summed E-state index contributed by atoms with van der Waals surface area (Å²) in [5, 5.41) is 0. The second-order valence-electron chi connectivity index (χ2n) is 5.20. The van der Waals surface area contributed by atoms with E-state index in [1.807, 2.05) is 37.3 Å². The SMILES string of the molecule is Cc1nc(N(Cc2cccc(N)c2)C(C)C)ccc1Br. The van der Waals surface area contributed by atoms with E-state index in [4.69, 9.17) is 5.73 Å². The molecule has 0 bridgehead atoms. The normalized spacial score (nSPS) is 10.8. The minimum atomic E-state index is 0.365. The van der Waals surface area contributed by atoms with Crippen molar-refractivity contribution in [1.82, 2.24) is 4.98 Å². The van der Waals surface area contributed by atoms with Gasteiger partial charge in [0.2, 0.25) is 0 Å². The fraction of sp³-hybridized carbons (Fsp3) is 0.312. The molecule has 0 spiro atoms. The van der Waals surface area contributed by atoms with Gasteiger partial charge in [-0.25, -0.2) is 4.98 Å². The summed E-state index contributed by atoms with van der Waals surface area (Å²) in [6.07, 6.45) is 0. The van der Waals surface area contributed by atoms with E-state index in [2.05, 4.69) is 45.7 Å². The Balaban J connectivity index is 2.29. The largest absolute Gasteiger partial charge is 0.399 e. The third-order valence-electron chi connectivity index (χ3n) is 3.23. The van der Waals surface area contributed by atoms with Crippen molar-refractivity contribution >= 4 is 27.4 Å². The van der Waals surface area contributed by atoms with Gasteiger partial charge in [-0.3, -0.25) is 0 Å². The number of nitrogens with zero attached hydrogens (tertiary/aromatic N) is 2. The van der Waals surface area contributed by atoms with Crippen molar-refractivity contribution in [3.63, 3.8) is 0 Å². The summed E-state index contributed by atoms with van der Waals surface area (Å²) in [4.78, 5) is 6.93. The van der Waals surface area contributed by atoms with Crippen LogP contribution in [0.25, 0.3) is 0 Å². The molecule has 0 unspecified atom stereocenters. The molecule has 0 atom stereocenters. The molecule has 20 heavy (non-hydrogen) atoms. The van der Waals surface area contributed by atoms with Crippen molar-refractivity contribution < 1.29 is 0 Å². The van der Waals surface area contributed by atoms with Crippen molar-refractivity contribution in [2.75, 3.05) is 10.6 Å². The highest BCUT2D eigenvalue weighted by atomic mass is 79.9. The number of aryl methyl sites for hydroxylation is 1. The van der Waals surface area contributed by atoms with Crippen LogP contribution in [0.1, 0.15) is 25.1 Å². The van der Waals surface area contributed by atoms with Gasteiger partial charge < -0.3 is 10.6 Å². The van der Waals surface area contributed by atoms with Crippen LogP contribution in [0.2, 0.25) is 0 Å². The number of anilines is 2. The average Bonchev–Trinajstić information content (AvgIpc) is 2.39. The van der Waals surface area contributed by atoms with Gasteiger partial charge in [0.05, 0.1) is 5.69 Å². The standard InChI is InChI=1S/C16H20BrN3/c1-11(2)20(10-13-5-4-6-14(18)9-13)16-8-7-15(17)12(3)19-16/h4-9,11H,10,18H2,1-3H3. The first-order chi connectivity index (χ1) is 9.47. The van der Waals surface area contributed by atoms with Gasteiger partial charge in [-0.15, -0.1) is 0 Å². The molecular formula is C16H20BrN3. The maximum absolute atomic E-state index is 5.85. The summed E-state index contributed by atoms with van der Waals surface area (Å²) in [6.45, 7) is 7.15. The van der Waals surface area contributed by atoms with Crippen LogP contribution in [0.5, 0.6) is 0 Å². The monoisotopic (exact) mass is 333 g/mol. The minimum Gasteiger partial charge on any atom is -0.399 e. The molecular weight excluding hydrogens is 314 g/mol. The van der Waals surface area contributed by atoms with Crippen LogP contribution in [0, 0.1) is 6.92 Å². The molecule has 2 N–H and O–H groups in total. The number of halogens is 1. The molecule has 1 heterocycles. The van der Waals surface area contributed by atoms with E-state index in [1.54, 1.807) is 0 Å². The van der Waals surface area contributed by atoms with Crippen LogP contribution in [0.3, 0.4) is 0 Å². The first kappa shape index (κ1) is 14.9. The molecule has 0 saturated heterocycles. The molecule has 0 amide bonds. The van der Waals surface area contributed by atoms with Gasteiger partial charge in [0.15, 0.2) is 0 Å². The Bertz CT molecular complexity index is 596. The first-order valence-corrected chi connectivity index (χ1v) is 7.51. The highest BCUT2D eigenvalue weighted by molar-refractivity contribution is 9.10. The number of nitrogens with two attached hydrogens (primary N) is 1. The Labute approximate surface area is 129 Å². The lowest BCUT2D eigenvalue weighted by atomic mass is 10.1. The maximum Gasteiger partial charge on any atom is 0.129 e.